The van der Waals surface area contributed by atoms with Gasteiger partial charge in [0.05, 0.1) is 30.4 Å². The van der Waals surface area contributed by atoms with Crippen molar-refractivity contribution >= 4 is 5.78 Å². The van der Waals surface area contributed by atoms with Crippen LogP contribution in [0.2, 0.25) is 0 Å². The average molecular weight is 418 g/mol. The molecule has 0 unspecified atom stereocenters. The molecule has 2 aromatic rings. The van der Waals surface area contributed by atoms with Crippen LogP contribution in [0.5, 0.6) is 11.5 Å². The molecule has 9 heteroatoms. The first-order valence-electron chi connectivity index (χ1n) is 9.43. The van der Waals surface area contributed by atoms with Gasteiger partial charge in [0.2, 0.25) is 5.78 Å². The minimum absolute atomic E-state index is 0.0843. The zero-order chi connectivity index (χ0) is 21.7. The second kappa shape index (κ2) is 7.62. The van der Waals surface area contributed by atoms with Gasteiger partial charge in [0.25, 0.3) is 0 Å². The number of rotatable bonds is 3. The molecule has 0 radical (unpaired) electrons. The fourth-order valence-electron chi connectivity index (χ4n) is 4.41. The molecule has 0 spiro atoms. The van der Waals surface area contributed by atoms with Gasteiger partial charge in [-0.25, -0.2) is 0 Å². The maximum atomic E-state index is 13.1. The minimum atomic E-state index is -1.64. The highest BCUT2D eigenvalue weighted by atomic mass is 16.5. The Morgan fingerprint density at radius 1 is 0.867 bits per heavy atom. The van der Waals surface area contributed by atoms with Crippen LogP contribution in [0, 0.1) is 0 Å². The molecule has 1 fully saturated rings. The molecule has 2 aromatic carbocycles. The molecule has 9 nitrogen and oxygen atoms in total. The van der Waals surface area contributed by atoms with Crippen LogP contribution >= 0.6 is 0 Å². The summed E-state index contributed by atoms with van der Waals surface area (Å²) in [5.41, 5.74) is 0.609. The number of ketones is 1. The number of ether oxygens (including phenoxy) is 1. The van der Waals surface area contributed by atoms with Gasteiger partial charge in [-0.1, -0.05) is 18.2 Å². The lowest BCUT2D eigenvalue weighted by atomic mass is 9.71. The fraction of sp³-hybridized carbons (Fsp3) is 0.381. The van der Waals surface area contributed by atoms with E-state index in [1.807, 2.05) is 0 Å². The van der Waals surface area contributed by atoms with Crippen LogP contribution in [0.25, 0.3) is 0 Å². The number of hydrogen-bond acceptors (Lipinski definition) is 9. The van der Waals surface area contributed by atoms with E-state index in [2.05, 4.69) is 0 Å². The van der Waals surface area contributed by atoms with Crippen molar-refractivity contribution < 1.29 is 45.3 Å². The molecule has 0 amide bonds. The van der Waals surface area contributed by atoms with Crippen LogP contribution in [-0.4, -0.2) is 78.7 Å². The number of phenols is 2. The van der Waals surface area contributed by atoms with Gasteiger partial charge < -0.3 is 40.5 Å². The van der Waals surface area contributed by atoms with Crippen molar-refractivity contribution in [2.75, 3.05) is 6.61 Å². The second-order valence-electron chi connectivity index (χ2n) is 7.58. The number of carbonyl (C=O) groups excluding carboxylic acids is 1. The number of aliphatic hydroxyl groups excluding tert-OH is 5. The van der Waals surface area contributed by atoms with Crippen LogP contribution in [0.3, 0.4) is 0 Å². The maximum Gasteiger partial charge on any atom is 0.201 e. The molecule has 1 aliphatic heterocycles. The number of benzene rings is 2. The lowest BCUT2D eigenvalue weighted by Crippen LogP contribution is -2.60. The molecule has 1 aliphatic carbocycles. The average Bonchev–Trinajstić information content (AvgIpc) is 2.73. The van der Waals surface area contributed by atoms with E-state index in [-0.39, 0.29) is 28.0 Å². The van der Waals surface area contributed by atoms with Gasteiger partial charge in [0, 0.05) is 5.92 Å². The molecule has 1 heterocycles. The lowest BCUT2D eigenvalue weighted by molar-refractivity contribution is -0.232. The van der Waals surface area contributed by atoms with Gasteiger partial charge in [-0.2, -0.15) is 0 Å². The molecular weight excluding hydrogens is 396 g/mol. The number of carbonyl (C=O) groups is 1. The van der Waals surface area contributed by atoms with Gasteiger partial charge >= 0.3 is 0 Å². The van der Waals surface area contributed by atoms with E-state index >= 15 is 0 Å². The number of aliphatic hydroxyl groups is 5. The Hall–Kier alpha value is -2.53. The Bertz CT molecular complexity index is 987. The highest BCUT2D eigenvalue weighted by Crippen LogP contribution is 2.47. The molecule has 2 aliphatic rings. The zero-order valence-electron chi connectivity index (χ0n) is 15.7. The summed E-state index contributed by atoms with van der Waals surface area (Å²) in [6, 6.07) is 7.06. The first-order chi connectivity index (χ1) is 14.3. The van der Waals surface area contributed by atoms with E-state index in [1.54, 1.807) is 6.07 Å². The van der Waals surface area contributed by atoms with E-state index in [1.165, 1.54) is 24.3 Å². The Morgan fingerprint density at radius 3 is 2.23 bits per heavy atom. The van der Waals surface area contributed by atoms with Gasteiger partial charge in [-0.05, 0) is 28.8 Å². The predicted octanol–water partition coefficient (Wildman–Crippen LogP) is -0.891. The first-order valence-corrected chi connectivity index (χ1v) is 9.43. The summed E-state index contributed by atoms with van der Waals surface area (Å²) >= 11 is 0. The Balaban J connectivity index is 1.96. The van der Waals surface area contributed by atoms with Crippen LogP contribution < -0.4 is 0 Å². The Kier molecular flexibility index (Phi) is 5.27. The largest absolute Gasteiger partial charge is 0.507 e. The van der Waals surface area contributed by atoms with E-state index in [9.17, 15) is 40.5 Å². The molecule has 1 saturated heterocycles. The molecule has 0 saturated carbocycles. The van der Waals surface area contributed by atoms with Crippen molar-refractivity contribution in [3.05, 3.63) is 58.1 Å². The summed E-state index contributed by atoms with van der Waals surface area (Å²) in [5, 5.41) is 71.0. The molecular formula is C21H22O9. The van der Waals surface area contributed by atoms with Gasteiger partial charge in [0.15, 0.2) is 0 Å². The summed E-state index contributed by atoms with van der Waals surface area (Å²) in [5.74, 6) is -2.34. The van der Waals surface area contributed by atoms with Gasteiger partial charge in [-0.3, -0.25) is 4.79 Å². The highest BCUT2D eigenvalue weighted by molar-refractivity contribution is 6.16. The van der Waals surface area contributed by atoms with E-state index in [0.717, 1.165) is 0 Å². The number of fused-ring (bicyclic) bond motifs is 2. The Morgan fingerprint density at radius 2 is 1.57 bits per heavy atom. The van der Waals surface area contributed by atoms with Crippen LogP contribution in [0.15, 0.2) is 30.3 Å². The minimum Gasteiger partial charge on any atom is -0.507 e. The van der Waals surface area contributed by atoms with Crippen molar-refractivity contribution in [2.24, 2.45) is 0 Å². The smallest absolute Gasteiger partial charge is 0.201 e. The van der Waals surface area contributed by atoms with Crippen molar-refractivity contribution in [2.45, 2.75) is 43.0 Å². The maximum absolute atomic E-state index is 13.1. The second-order valence-corrected chi connectivity index (χ2v) is 7.58. The SMILES string of the molecule is O=C1c2c(O)cccc2[C@H]([C@@H]2O[C@H](CO)[C@H](O)[C@@H](O)[C@H]2O)c2cc(CO)cc(O)c21. The third kappa shape index (κ3) is 2.99. The van der Waals surface area contributed by atoms with Crippen molar-refractivity contribution in [3.8, 4) is 11.5 Å². The molecule has 30 heavy (non-hydrogen) atoms. The molecule has 4 rings (SSSR count). The third-order valence-corrected chi connectivity index (χ3v) is 5.85. The van der Waals surface area contributed by atoms with Gasteiger partial charge in [0.1, 0.15) is 35.9 Å². The normalized spacial score (nSPS) is 30.6. The molecule has 0 bridgehead atoms. The summed E-state index contributed by atoms with van der Waals surface area (Å²) < 4.78 is 5.73. The topological polar surface area (TPSA) is 168 Å². The van der Waals surface area contributed by atoms with Crippen molar-refractivity contribution in [1.29, 1.82) is 0 Å². The predicted molar refractivity (Wildman–Crippen MR) is 101 cm³/mol. The number of phenolic OH excluding ortho intramolecular Hbond substituents is 2. The monoisotopic (exact) mass is 418 g/mol. The zero-order valence-corrected chi connectivity index (χ0v) is 15.7. The van der Waals surface area contributed by atoms with Crippen molar-refractivity contribution in [3.63, 3.8) is 0 Å². The Labute approximate surface area is 171 Å². The molecule has 0 aromatic heterocycles. The molecule has 160 valence electrons. The quantitative estimate of drug-likeness (QED) is 0.334. The number of aromatic hydroxyl groups is 2. The molecule has 6 atom stereocenters. The summed E-state index contributed by atoms with van der Waals surface area (Å²) in [4.78, 5) is 13.1. The van der Waals surface area contributed by atoms with Crippen LogP contribution in [-0.2, 0) is 11.3 Å². The van der Waals surface area contributed by atoms with Crippen LogP contribution in [0.1, 0.15) is 38.5 Å². The summed E-state index contributed by atoms with van der Waals surface area (Å²) in [7, 11) is 0. The first kappa shape index (κ1) is 20.7. The highest BCUT2D eigenvalue weighted by Gasteiger charge is 2.50. The number of hydrogen-bond donors (Lipinski definition) is 7. The summed E-state index contributed by atoms with van der Waals surface area (Å²) in [6.07, 6.45) is -7.22. The third-order valence-electron chi connectivity index (χ3n) is 5.85. The van der Waals surface area contributed by atoms with Crippen LogP contribution in [0.4, 0.5) is 0 Å². The fourth-order valence-corrected chi connectivity index (χ4v) is 4.41. The van der Waals surface area contributed by atoms with E-state index in [0.29, 0.717) is 5.56 Å². The summed E-state index contributed by atoms with van der Waals surface area (Å²) in [6.45, 7) is -1.06. The molecule has 7 N–H and O–H groups in total. The van der Waals surface area contributed by atoms with E-state index < -0.39 is 61.2 Å². The van der Waals surface area contributed by atoms with E-state index in [4.69, 9.17) is 4.74 Å². The standard InChI is InChI=1S/C21H22O9/c22-6-8-4-10-14(21-20(29)19(28)17(26)13(7-23)30-21)9-2-1-3-11(24)15(9)18(27)16(10)12(25)5-8/h1-5,13-14,17,19-26,28-29H,6-7H2/t13-,14+,17+,19-,20-,21+/m1/s1. The lowest BCUT2D eigenvalue weighted by Gasteiger charge is -2.45. The van der Waals surface area contributed by atoms with Crippen molar-refractivity contribution in [1.82, 2.24) is 0 Å². The van der Waals surface area contributed by atoms with Gasteiger partial charge in [-0.15, -0.1) is 0 Å².